The van der Waals surface area contributed by atoms with Crippen molar-refractivity contribution in [3.05, 3.63) is 70.8 Å². The molecular weight excluding hydrogens is 530 g/mol. The molecule has 2 aromatic carbocycles. The third-order valence-electron chi connectivity index (χ3n) is 7.14. The first-order valence-corrected chi connectivity index (χ1v) is 14.1. The summed E-state index contributed by atoms with van der Waals surface area (Å²) in [5.41, 5.74) is 2.62. The topological polar surface area (TPSA) is 67.9 Å². The van der Waals surface area contributed by atoms with E-state index in [0.29, 0.717) is 37.4 Å². The van der Waals surface area contributed by atoms with Crippen LogP contribution in [-0.4, -0.2) is 42.8 Å². The van der Waals surface area contributed by atoms with Crippen LogP contribution in [-0.2, 0) is 22.6 Å². The van der Waals surface area contributed by atoms with E-state index in [0.717, 1.165) is 22.8 Å². The molecule has 0 atom stereocenters. The van der Waals surface area contributed by atoms with Crippen LogP contribution >= 0.6 is 0 Å². The second-order valence-corrected chi connectivity index (χ2v) is 9.30. The highest BCUT2D eigenvalue weighted by Gasteiger charge is 2.32. The molecule has 0 bridgehead atoms. The fourth-order valence-corrected chi connectivity index (χ4v) is 5.39. The lowest BCUT2D eigenvalue weighted by molar-refractivity contribution is -0.670. The highest BCUT2D eigenvalue weighted by molar-refractivity contribution is 5.95. The zero-order chi connectivity index (χ0) is 29.8. The maximum absolute atomic E-state index is 14.9. The second kappa shape index (κ2) is 12.5. The predicted molar refractivity (Wildman–Crippen MR) is 155 cm³/mol. The number of fused-ring (bicyclic) bond motifs is 2. The summed E-state index contributed by atoms with van der Waals surface area (Å²) in [6.07, 6.45) is 5.79. The summed E-state index contributed by atoms with van der Waals surface area (Å²) in [4.78, 5) is 28.7. The Morgan fingerprint density at radius 1 is 0.805 bits per heavy atom. The van der Waals surface area contributed by atoms with Crippen LogP contribution < -0.4 is 14.4 Å². The molecule has 1 aliphatic heterocycles. The van der Waals surface area contributed by atoms with E-state index >= 15 is 0 Å². The lowest BCUT2D eigenvalue weighted by Gasteiger charge is -2.23. The van der Waals surface area contributed by atoms with Gasteiger partial charge in [-0.05, 0) is 53.7 Å². The Morgan fingerprint density at radius 3 is 1.90 bits per heavy atom. The van der Waals surface area contributed by atoms with Crippen LogP contribution in [0.5, 0.6) is 0 Å². The lowest BCUT2D eigenvalue weighted by Crippen LogP contribution is -2.35. The molecule has 1 aromatic heterocycles. The molecule has 8 nitrogen and oxygen atoms in total. The number of esters is 2. The molecule has 1 aliphatic rings. The van der Waals surface area contributed by atoms with Crippen molar-refractivity contribution in [1.29, 1.82) is 0 Å². The van der Waals surface area contributed by atoms with Crippen molar-refractivity contribution in [3.63, 3.8) is 0 Å². The predicted octanol–water partition coefficient (Wildman–Crippen LogP) is 5.82. The van der Waals surface area contributed by atoms with Crippen molar-refractivity contribution in [2.75, 3.05) is 36.1 Å². The van der Waals surface area contributed by atoms with Crippen LogP contribution in [0.2, 0.25) is 0 Å². The van der Waals surface area contributed by atoms with E-state index in [1.54, 1.807) is 26.0 Å². The van der Waals surface area contributed by atoms with Crippen LogP contribution in [0, 0.1) is 11.6 Å². The maximum atomic E-state index is 14.9. The summed E-state index contributed by atoms with van der Waals surface area (Å²) in [5.74, 6) is -0.968. The van der Waals surface area contributed by atoms with Crippen molar-refractivity contribution >= 4 is 40.4 Å². The number of benzene rings is 2. The minimum Gasteiger partial charge on any atom is -0.462 e. The fraction of sp³-hybridized carbons (Fsp3) is 0.387. The second-order valence-electron chi connectivity index (χ2n) is 9.30. The first-order valence-electron chi connectivity index (χ1n) is 14.1. The standard InChI is InChI=1S/C31H37F2N4O4/c1-7-34-24-16-20(30(38)40-11-5)22(32)18-26(24)36(9-3)28(34)14-13-15-29-35(8-2)25-17-21(31(39)41-12-6)23(33)19-27(25)37(29)10-4/h13-19H,7-12H2,1-6H3/q+1. The molecule has 2 heterocycles. The summed E-state index contributed by atoms with van der Waals surface area (Å²) in [5, 5.41) is 0. The van der Waals surface area contributed by atoms with Gasteiger partial charge in [-0.3, -0.25) is 0 Å². The van der Waals surface area contributed by atoms with Crippen LogP contribution in [0.4, 0.5) is 20.2 Å². The average molecular weight is 568 g/mol. The van der Waals surface area contributed by atoms with Gasteiger partial charge >= 0.3 is 11.9 Å². The van der Waals surface area contributed by atoms with Gasteiger partial charge in [-0.15, -0.1) is 0 Å². The molecule has 0 saturated carbocycles. The van der Waals surface area contributed by atoms with E-state index in [9.17, 15) is 18.4 Å². The van der Waals surface area contributed by atoms with E-state index in [-0.39, 0.29) is 24.3 Å². The van der Waals surface area contributed by atoms with Crippen molar-refractivity contribution in [3.8, 4) is 0 Å². The van der Waals surface area contributed by atoms with Gasteiger partial charge in [-0.1, -0.05) is 6.08 Å². The minimum absolute atomic E-state index is 0.0947. The van der Waals surface area contributed by atoms with Crippen LogP contribution in [0.15, 0.2) is 42.2 Å². The molecule has 0 aliphatic carbocycles. The number of hydrogen-bond acceptors (Lipinski definition) is 6. The number of carbonyl (C=O) groups excluding carboxylic acids is 2. The maximum Gasteiger partial charge on any atom is 0.341 e. The molecule has 0 unspecified atom stereocenters. The summed E-state index contributed by atoms with van der Waals surface area (Å²) in [6.45, 7) is 14.0. The zero-order valence-electron chi connectivity index (χ0n) is 24.5. The van der Waals surface area contributed by atoms with E-state index in [1.807, 2.05) is 64.9 Å². The minimum atomic E-state index is -0.691. The van der Waals surface area contributed by atoms with Crippen molar-refractivity contribution < 1.29 is 32.4 Å². The number of imidazole rings is 1. The first kappa shape index (κ1) is 29.8. The largest absolute Gasteiger partial charge is 0.462 e. The Kier molecular flexibility index (Phi) is 9.10. The number of aryl methyl sites for hydroxylation is 2. The summed E-state index contributed by atoms with van der Waals surface area (Å²) < 4.78 is 44.0. The molecule has 218 valence electrons. The van der Waals surface area contributed by atoms with Gasteiger partial charge in [0.05, 0.1) is 48.8 Å². The van der Waals surface area contributed by atoms with Crippen molar-refractivity contribution in [1.82, 2.24) is 4.57 Å². The van der Waals surface area contributed by atoms with E-state index in [2.05, 4.69) is 0 Å². The molecule has 0 fully saturated rings. The Hall–Kier alpha value is -4.21. The quantitative estimate of drug-likeness (QED) is 0.227. The number of aromatic nitrogens is 2. The van der Waals surface area contributed by atoms with E-state index in [1.165, 1.54) is 12.1 Å². The highest BCUT2D eigenvalue weighted by Crippen LogP contribution is 2.43. The van der Waals surface area contributed by atoms with Crippen LogP contribution in [0.25, 0.3) is 17.1 Å². The number of ether oxygens (including phenoxy) is 2. The number of hydrogen-bond donors (Lipinski definition) is 0. The summed E-state index contributed by atoms with van der Waals surface area (Å²) in [6, 6.07) is 5.87. The fourth-order valence-electron chi connectivity index (χ4n) is 5.39. The van der Waals surface area contributed by atoms with Crippen molar-refractivity contribution in [2.24, 2.45) is 0 Å². The summed E-state index contributed by atoms with van der Waals surface area (Å²) >= 11 is 0. The molecule has 0 saturated heterocycles. The number of rotatable bonds is 10. The number of allylic oxidation sites excluding steroid dienone is 2. The Labute approximate surface area is 239 Å². The smallest absolute Gasteiger partial charge is 0.341 e. The van der Waals surface area contributed by atoms with Crippen molar-refractivity contribution in [2.45, 2.75) is 54.6 Å². The number of carbonyl (C=O) groups is 2. The van der Waals surface area contributed by atoms with E-state index in [4.69, 9.17) is 9.47 Å². The summed E-state index contributed by atoms with van der Waals surface area (Å²) in [7, 11) is 0. The van der Waals surface area contributed by atoms with Gasteiger partial charge in [0.25, 0.3) is 5.82 Å². The van der Waals surface area contributed by atoms with Crippen LogP contribution in [0.3, 0.4) is 0 Å². The monoisotopic (exact) mass is 567 g/mol. The third-order valence-corrected chi connectivity index (χ3v) is 7.14. The van der Waals surface area contributed by atoms with Gasteiger partial charge in [0, 0.05) is 37.4 Å². The molecular formula is C31H37F2N4O4+. The molecule has 3 aromatic rings. The van der Waals surface area contributed by atoms with Gasteiger partial charge in [0.2, 0.25) is 0 Å². The zero-order valence-corrected chi connectivity index (χ0v) is 24.5. The Balaban J connectivity index is 1.79. The normalized spacial score (nSPS) is 14.0. The third kappa shape index (κ3) is 5.30. The SMILES string of the molecule is CCOC(=O)c1cc2c(cc1F)N(CC)C(=CC=Cc1n(CC)c3cc(F)c(C(=O)OCC)cc3[n+]1CC)N2CC. The molecule has 0 N–H and O–H groups in total. The molecule has 4 rings (SSSR count). The molecule has 0 radical (unpaired) electrons. The van der Waals surface area contributed by atoms with Crippen LogP contribution in [0.1, 0.15) is 68.1 Å². The van der Waals surface area contributed by atoms with Gasteiger partial charge in [-0.2, -0.15) is 0 Å². The molecule has 0 amide bonds. The number of nitrogens with zero attached hydrogens (tertiary/aromatic N) is 4. The lowest BCUT2D eigenvalue weighted by atomic mass is 10.1. The molecule has 10 heteroatoms. The van der Waals surface area contributed by atoms with Gasteiger partial charge in [0.15, 0.2) is 11.0 Å². The number of anilines is 2. The van der Waals surface area contributed by atoms with Gasteiger partial charge < -0.3 is 19.3 Å². The molecule has 41 heavy (non-hydrogen) atoms. The Bertz CT molecular complexity index is 1540. The van der Waals surface area contributed by atoms with E-state index < -0.39 is 23.6 Å². The van der Waals surface area contributed by atoms with Gasteiger partial charge in [-0.25, -0.2) is 27.5 Å². The Morgan fingerprint density at radius 2 is 1.37 bits per heavy atom. The first-order chi connectivity index (χ1) is 19.8. The number of halogens is 2. The average Bonchev–Trinajstić information content (AvgIpc) is 3.41. The van der Waals surface area contributed by atoms with Gasteiger partial charge in [0.1, 0.15) is 17.5 Å². The molecule has 0 spiro atoms. The highest BCUT2D eigenvalue weighted by atomic mass is 19.1.